The van der Waals surface area contributed by atoms with Gasteiger partial charge in [-0.25, -0.2) is 0 Å². The number of aryl methyl sites for hydroxylation is 1. The molecule has 0 aromatic heterocycles. The fourth-order valence-electron chi connectivity index (χ4n) is 4.78. The van der Waals surface area contributed by atoms with Gasteiger partial charge in [0.05, 0.1) is 0 Å². The summed E-state index contributed by atoms with van der Waals surface area (Å²) in [6, 6.07) is 41.7. The predicted octanol–water partition coefficient (Wildman–Crippen LogP) is 6.34. The SMILES string of the molecule is Cc1ccc(C(C#N)(O[Si](c2ccccc2)(c2ccccc2)C(C)(C)C)c2ccccc2)cc1. The first-order valence-corrected chi connectivity index (χ1v) is 13.6. The first kappa shape index (κ1) is 23.7. The van der Waals surface area contributed by atoms with Gasteiger partial charge in [-0.05, 0) is 22.3 Å². The molecule has 4 aromatic carbocycles. The Morgan fingerprint density at radius 3 is 1.44 bits per heavy atom. The minimum Gasteiger partial charge on any atom is -0.383 e. The third-order valence-corrected chi connectivity index (χ3v) is 11.5. The van der Waals surface area contributed by atoms with Gasteiger partial charge in [-0.15, -0.1) is 0 Å². The molecule has 0 saturated heterocycles. The molecule has 2 nitrogen and oxygen atoms in total. The van der Waals surface area contributed by atoms with Crippen LogP contribution in [0, 0.1) is 18.3 Å². The molecular weight excluding hydrogens is 430 g/mol. The van der Waals surface area contributed by atoms with Crippen LogP contribution in [0.15, 0.2) is 115 Å². The summed E-state index contributed by atoms with van der Waals surface area (Å²) in [4.78, 5) is 0. The second-order valence-electron chi connectivity index (χ2n) is 9.79. The van der Waals surface area contributed by atoms with Crippen molar-refractivity contribution in [3.63, 3.8) is 0 Å². The molecule has 0 spiro atoms. The van der Waals surface area contributed by atoms with Gasteiger partial charge in [0.15, 0.2) is 5.60 Å². The lowest BCUT2D eigenvalue weighted by atomic mass is 9.87. The summed E-state index contributed by atoms with van der Waals surface area (Å²) in [7, 11) is -3.01. The molecule has 0 radical (unpaired) electrons. The number of nitrogens with zero attached hydrogens (tertiary/aromatic N) is 1. The largest absolute Gasteiger partial charge is 0.383 e. The van der Waals surface area contributed by atoms with Crippen LogP contribution in [0.2, 0.25) is 5.04 Å². The van der Waals surface area contributed by atoms with Crippen molar-refractivity contribution in [2.24, 2.45) is 0 Å². The van der Waals surface area contributed by atoms with E-state index in [9.17, 15) is 5.26 Å². The quantitative estimate of drug-likeness (QED) is 0.314. The Labute approximate surface area is 204 Å². The second kappa shape index (κ2) is 9.42. The molecule has 0 fully saturated rings. The fourth-order valence-corrected chi connectivity index (χ4v) is 9.45. The fraction of sp³-hybridized carbons (Fsp3) is 0.194. The van der Waals surface area contributed by atoms with Gasteiger partial charge < -0.3 is 4.43 Å². The summed E-state index contributed by atoms with van der Waals surface area (Å²) in [5.74, 6) is 0. The van der Waals surface area contributed by atoms with Crippen LogP contribution in [0.25, 0.3) is 0 Å². The van der Waals surface area contributed by atoms with Gasteiger partial charge in [-0.1, -0.05) is 142 Å². The highest BCUT2D eigenvalue weighted by molar-refractivity contribution is 6.99. The average molecular weight is 462 g/mol. The third kappa shape index (κ3) is 4.12. The lowest BCUT2D eigenvalue weighted by Crippen LogP contribution is -2.69. The minimum absolute atomic E-state index is 0.253. The lowest BCUT2D eigenvalue weighted by Gasteiger charge is -2.47. The van der Waals surface area contributed by atoms with Crippen molar-refractivity contribution in [2.45, 2.75) is 38.3 Å². The van der Waals surface area contributed by atoms with Crippen LogP contribution >= 0.6 is 0 Å². The summed E-state index contributed by atoms with van der Waals surface area (Å²) in [5, 5.41) is 13.0. The first-order valence-electron chi connectivity index (χ1n) is 11.7. The smallest absolute Gasteiger partial charge is 0.264 e. The molecule has 0 N–H and O–H groups in total. The lowest BCUT2D eigenvalue weighted by molar-refractivity contribution is 0.157. The average Bonchev–Trinajstić information content (AvgIpc) is 2.87. The van der Waals surface area contributed by atoms with E-state index >= 15 is 0 Å². The zero-order valence-corrected chi connectivity index (χ0v) is 21.3. The van der Waals surface area contributed by atoms with E-state index in [0.29, 0.717) is 0 Å². The molecule has 0 aliphatic rings. The van der Waals surface area contributed by atoms with E-state index in [0.717, 1.165) is 27.1 Å². The highest BCUT2D eigenvalue weighted by Gasteiger charge is 2.55. The zero-order chi connectivity index (χ0) is 24.2. The van der Waals surface area contributed by atoms with Gasteiger partial charge in [0.2, 0.25) is 0 Å². The molecule has 0 aliphatic heterocycles. The number of rotatable bonds is 6. The molecule has 1 atom stereocenters. The van der Waals surface area contributed by atoms with Crippen molar-refractivity contribution in [3.05, 3.63) is 132 Å². The van der Waals surface area contributed by atoms with Crippen molar-refractivity contribution in [3.8, 4) is 6.07 Å². The molecule has 3 heteroatoms. The monoisotopic (exact) mass is 461 g/mol. The Kier molecular flexibility index (Phi) is 6.57. The van der Waals surface area contributed by atoms with Crippen LogP contribution in [-0.2, 0) is 10.0 Å². The molecule has 170 valence electrons. The van der Waals surface area contributed by atoms with Crippen molar-refractivity contribution in [2.75, 3.05) is 0 Å². The van der Waals surface area contributed by atoms with E-state index < -0.39 is 13.9 Å². The van der Waals surface area contributed by atoms with Gasteiger partial charge >= 0.3 is 0 Å². The van der Waals surface area contributed by atoms with Crippen LogP contribution in [0.5, 0.6) is 0 Å². The summed E-state index contributed by atoms with van der Waals surface area (Å²) in [6.07, 6.45) is 0. The van der Waals surface area contributed by atoms with Crippen LogP contribution in [-0.4, -0.2) is 8.32 Å². The maximum absolute atomic E-state index is 10.9. The van der Waals surface area contributed by atoms with Crippen molar-refractivity contribution < 1.29 is 4.43 Å². The molecule has 34 heavy (non-hydrogen) atoms. The molecule has 0 amide bonds. The number of nitriles is 1. The molecule has 1 unspecified atom stereocenters. The number of hydrogen-bond donors (Lipinski definition) is 0. The summed E-state index contributed by atoms with van der Waals surface area (Å²) >= 11 is 0. The Bertz CT molecular complexity index is 1220. The standard InChI is InChI=1S/C31H31NOSi/c1-25-20-22-27(23-21-25)31(24-32,26-14-8-5-9-15-26)33-34(30(2,3)4,28-16-10-6-11-17-28)29-18-12-7-13-19-29/h5-23H,1-4H3. The molecule has 0 heterocycles. The third-order valence-electron chi connectivity index (χ3n) is 6.52. The van der Waals surface area contributed by atoms with E-state index in [-0.39, 0.29) is 5.04 Å². The van der Waals surface area contributed by atoms with Crippen LogP contribution in [0.4, 0.5) is 0 Å². The first-order chi connectivity index (χ1) is 16.3. The van der Waals surface area contributed by atoms with Crippen molar-refractivity contribution >= 4 is 18.7 Å². The highest BCUT2D eigenvalue weighted by atomic mass is 28.4. The molecular formula is C31H31NOSi. The minimum atomic E-state index is -3.01. The Morgan fingerprint density at radius 2 is 1.03 bits per heavy atom. The Balaban J connectivity index is 2.08. The number of hydrogen-bond acceptors (Lipinski definition) is 2. The van der Waals surface area contributed by atoms with E-state index in [4.69, 9.17) is 4.43 Å². The zero-order valence-electron chi connectivity index (χ0n) is 20.3. The number of benzene rings is 4. The topological polar surface area (TPSA) is 33.0 Å². The maximum atomic E-state index is 10.9. The summed E-state index contributed by atoms with van der Waals surface area (Å²) in [5.41, 5.74) is 1.57. The van der Waals surface area contributed by atoms with Gasteiger partial charge in [-0.3, -0.25) is 0 Å². The highest BCUT2D eigenvalue weighted by Crippen LogP contribution is 2.44. The summed E-state index contributed by atoms with van der Waals surface area (Å²) < 4.78 is 7.50. The summed E-state index contributed by atoms with van der Waals surface area (Å²) in [6.45, 7) is 8.77. The van der Waals surface area contributed by atoms with E-state index in [1.807, 2.05) is 54.6 Å². The molecule has 4 aromatic rings. The Morgan fingerprint density at radius 1 is 0.618 bits per heavy atom. The Hall–Kier alpha value is -3.45. The second-order valence-corrected chi connectivity index (χ2v) is 14.0. The van der Waals surface area contributed by atoms with Gasteiger partial charge in [0, 0.05) is 11.1 Å². The molecule has 0 saturated carbocycles. The normalized spacial score (nSPS) is 13.6. The molecule has 0 aliphatic carbocycles. The van der Waals surface area contributed by atoms with Crippen LogP contribution in [0.1, 0.15) is 37.5 Å². The molecule has 4 rings (SSSR count). The molecule has 0 bridgehead atoms. The van der Waals surface area contributed by atoms with Gasteiger partial charge in [0.25, 0.3) is 8.32 Å². The van der Waals surface area contributed by atoms with E-state index in [1.54, 1.807) is 0 Å². The van der Waals surface area contributed by atoms with Crippen molar-refractivity contribution in [1.29, 1.82) is 5.26 Å². The van der Waals surface area contributed by atoms with E-state index in [1.165, 1.54) is 0 Å². The van der Waals surface area contributed by atoms with E-state index in [2.05, 4.69) is 94.4 Å². The van der Waals surface area contributed by atoms with Crippen LogP contribution in [0.3, 0.4) is 0 Å². The predicted molar refractivity (Wildman–Crippen MR) is 143 cm³/mol. The van der Waals surface area contributed by atoms with Gasteiger partial charge in [0.1, 0.15) is 6.07 Å². The van der Waals surface area contributed by atoms with Crippen LogP contribution < -0.4 is 10.4 Å². The maximum Gasteiger partial charge on any atom is 0.264 e. The van der Waals surface area contributed by atoms with Gasteiger partial charge in [-0.2, -0.15) is 5.26 Å². The van der Waals surface area contributed by atoms with Crippen molar-refractivity contribution in [1.82, 2.24) is 0 Å².